The molecule has 1 aliphatic heterocycles. The van der Waals surface area contributed by atoms with Gasteiger partial charge < -0.3 is 4.90 Å². The number of nitrogens with zero attached hydrogens (tertiary/aromatic N) is 2. The molecule has 0 amide bonds. The van der Waals surface area contributed by atoms with Crippen molar-refractivity contribution in [1.29, 1.82) is 0 Å². The second-order valence-corrected chi connectivity index (χ2v) is 8.53. The molecular formula is C25H28N2. The normalized spacial score (nSPS) is 18.9. The molecule has 1 heterocycles. The SMILES string of the molecule is Cc1cc2c(cc1C=Nc1ccc3ccccc3c1)C(C)CC(C)(C)N2C. The maximum absolute atomic E-state index is 4.77. The fourth-order valence-electron chi connectivity index (χ4n) is 4.27. The summed E-state index contributed by atoms with van der Waals surface area (Å²) in [5, 5.41) is 2.48. The number of rotatable bonds is 2. The summed E-state index contributed by atoms with van der Waals surface area (Å²) >= 11 is 0. The van der Waals surface area contributed by atoms with Crippen LogP contribution in [0.3, 0.4) is 0 Å². The van der Waals surface area contributed by atoms with Crippen LogP contribution in [-0.2, 0) is 0 Å². The molecule has 0 N–H and O–H groups in total. The first-order valence-electron chi connectivity index (χ1n) is 9.76. The summed E-state index contributed by atoms with van der Waals surface area (Å²) in [6.07, 6.45) is 3.19. The Morgan fingerprint density at radius 2 is 1.78 bits per heavy atom. The molecule has 0 spiro atoms. The molecule has 2 heteroatoms. The van der Waals surface area contributed by atoms with E-state index in [2.05, 4.69) is 94.2 Å². The second-order valence-electron chi connectivity index (χ2n) is 8.53. The zero-order valence-corrected chi connectivity index (χ0v) is 17.0. The van der Waals surface area contributed by atoms with Crippen molar-refractivity contribution in [2.45, 2.75) is 45.6 Å². The third-order valence-electron chi connectivity index (χ3n) is 6.11. The lowest BCUT2D eigenvalue weighted by Crippen LogP contribution is -2.45. The number of aryl methyl sites for hydroxylation is 1. The molecule has 0 bridgehead atoms. The lowest BCUT2D eigenvalue weighted by molar-refractivity contribution is 0.395. The van der Waals surface area contributed by atoms with Crippen molar-refractivity contribution < 1.29 is 0 Å². The van der Waals surface area contributed by atoms with Crippen LogP contribution in [0.15, 0.2) is 59.6 Å². The van der Waals surface area contributed by atoms with Gasteiger partial charge in [-0.15, -0.1) is 0 Å². The molecule has 3 aromatic carbocycles. The van der Waals surface area contributed by atoms with E-state index in [9.17, 15) is 0 Å². The third kappa shape index (κ3) is 3.25. The van der Waals surface area contributed by atoms with Gasteiger partial charge in [0.05, 0.1) is 5.69 Å². The number of anilines is 1. The van der Waals surface area contributed by atoms with Gasteiger partial charge in [0.1, 0.15) is 0 Å². The van der Waals surface area contributed by atoms with Crippen LogP contribution in [0, 0.1) is 6.92 Å². The van der Waals surface area contributed by atoms with Crippen molar-refractivity contribution in [3.05, 3.63) is 71.3 Å². The maximum Gasteiger partial charge on any atom is 0.0636 e. The zero-order chi connectivity index (χ0) is 19.2. The molecule has 0 saturated heterocycles. The van der Waals surface area contributed by atoms with Crippen LogP contribution < -0.4 is 4.90 Å². The van der Waals surface area contributed by atoms with Crippen molar-refractivity contribution in [1.82, 2.24) is 0 Å². The average Bonchev–Trinajstić information content (AvgIpc) is 2.64. The highest BCUT2D eigenvalue weighted by atomic mass is 15.2. The van der Waals surface area contributed by atoms with E-state index in [-0.39, 0.29) is 5.54 Å². The molecule has 2 nitrogen and oxygen atoms in total. The zero-order valence-electron chi connectivity index (χ0n) is 17.0. The fraction of sp³-hybridized carbons (Fsp3) is 0.320. The van der Waals surface area contributed by atoms with Gasteiger partial charge in [0.2, 0.25) is 0 Å². The van der Waals surface area contributed by atoms with Gasteiger partial charge in [-0.25, -0.2) is 0 Å². The van der Waals surface area contributed by atoms with Gasteiger partial charge >= 0.3 is 0 Å². The van der Waals surface area contributed by atoms with Crippen molar-refractivity contribution in [3.8, 4) is 0 Å². The molecule has 1 atom stereocenters. The summed E-state index contributed by atoms with van der Waals surface area (Å²) in [4.78, 5) is 7.20. The highest BCUT2D eigenvalue weighted by Gasteiger charge is 2.34. The topological polar surface area (TPSA) is 15.6 Å². The maximum atomic E-state index is 4.77. The quantitative estimate of drug-likeness (QED) is 0.471. The second kappa shape index (κ2) is 6.53. The first kappa shape index (κ1) is 17.8. The Balaban J connectivity index is 1.70. The van der Waals surface area contributed by atoms with Crippen molar-refractivity contribution in [3.63, 3.8) is 0 Å². The van der Waals surface area contributed by atoms with Crippen LogP contribution >= 0.6 is 0 Å². The van der Waals surface area contributed by atoms with Gasteiger partial charge in [-0.05, 0) is 84.8 Å². The van der Waals surface area contributed by atoms with E-state index in [0.29, 0.717) is 5.92 Å². The standard InChI is InChI=1S/C25H28N2/c1-17-12-24-23(18(2)15-25(3,4)27(24)5)14-21(17)16-26-22-11-10-19-8-6-7-9-20(19)13-22/h6-14,16,18H,15H2,1-5H3. The number of benzene rings is 3. The summed E-state index contributed by atoms with van der Waals surface area (Å²) in [5.74, 6) is 0.555. The molecule has 27 heavy (non-hydrogen) atoms. The van der Waals surface area contributed by atoms with E-state index in [0.717, 1.165) is 5.69 Å². The van der Waals surface area contributed by atoms with Crippen molar-refractivity contribution in [2.75, 3.05) is 11.9 Å². The lowest BCUT2D eigenvalue weighted by Gasteiger charge is -2.45. The highest BCUT2D eigenvalue weighted by Crippen LogP contribution is 2.43. The van der Waals surface area contributed by atoms with Gasteiger partial charge in [-0.1, -0.05) is 37.3 Å². The molecule has 0 saturated carbocycles. The van der Waals surface area contributed by atoms with E-state index < -0.39 is 0 Å². The summed E-state index contributed by atoms with van der Waals surface area (Å²) in [6, 6.07) is 19.5. The molecule has 1 aliphatic rings. The van der Waals surface area contributed by atoms with Crippen LogP contribution in [0.5, 0.6) is 0 Å². The Hall–Kier alpha value is -2.61. The van der Waals surface area contributed by atoms with Crippen LogP contribution in [0.25, 0.3) is 10.8 Å². The largest absolute Gasteiger partial charge is 0.369 e. The van der Waals surface area contributed by atoms with Crippen LogP contribution in [-0.4, -0.2) is 18.8 Å². The Kier molecular flexibility index (Phi) is 4.30. The number of hydrogen-bond acceptors (Lipinski definition) is 2. The predicted molar refractivity (Wildman–Crippen MR) is 118 cm³/mol. The molecule has 138 valence electrons. The molecule has 4 rings (SSSR count). The van der Waals surface area contributed by atoms with E-state index in [1.807, 2.05) is 6.21 Å². The minimum Gasteiger partial charge on any atom is -0.369 e. The minimum atomic E-state index is 0.194. The third-order valence-corrected chi connectivity index (χ3v) is 6.11. The van der Waals surface area contributed by atoms with E-state index in [1.165, 1.54) is 39.6 Å². The molecule has 0 fully saturated rings. The Morgan fingerprint density at radius 1 is 1.04 bits per heavy atom. The van der Waals surface area contributed by atoms with E-state index >= 15 is 0 Å². The monoisotopic (exact) mass is 356 g/mol. The lowest BCUT2D eigenvalue weighted by atomic mass is 9.79. The van der Waals surface area contributed by atoms with Gasteiger partial charge in [-0.2, -0.15) is 0 Å². The van der Waals surface area contributed by atoms with Gasteiger partial charge in [0, 0.05) is 24.5 Å². The van der Waals surface area contributed by atoms with E-state index in [4.69, 9.17) is 4.99 Å². The number of aliphatic imine (C=N–C) groups is 1. The molecular weight excluding hydrogens is 328 g/mol. The van der Waals surface area contributed by atoms with Crippen LogP contribution in [0.4, 0.5) is 11.4 Å². The minimum absolute atomic E-state index is 0.194. The first-order chi connectivity index (χ1) is 12.8. The summed E-state index contributed by atoms with van der Waals surface area (Å²) in [5.41, 5.74) is 6.47. The number of hydrogen-bond donors (Lipinski definition) is 0. The summed E-state index contributed by atoms with van der Waals surface area (Å²) in [7, 11) is 2.22. The van der Waals surface area contributed by atoms with Crippen LogP contribution in [0.2, 0.25) is 0 Å². The molecule has 3 aromatic rings. The van der Waals surface area contributed by atoms with Gasteiger partial charge in [0.15, 0.2) is 0 Å². The summed E-state index contributed by atoms with van der Waals surface area (Å²) in [6.45, 7) is 9.18. The molecule has 0 aliphatic carbocycles. The average molecular weight is 357 g/mol. The number of fused-ring (bicyclic) bond motifs is 2. The van der Waals surface area contributed by atoms with Crippen molar-refractivity contribution >= 4 is 28.4 Å². The van der Waals surface area contributed by atoms with Crippen LogP contribution in [0.1, 0.15) is 49.8 Å². The summed E-state index contributed by atoms with van der Waals surface area (Å²) < 4.78 is 0. The first-order valence-corrected chi connectivity index (χ1v) is 9.76. The molecule has 1 unspecified atom stereocenters. The van der Waals surface area contributed by atoms with E-state index in [1.54, 1.807) is 0 Å². The predicted octanol–water partition coefficient (Wildman–Crippen LogP) is 6.62. The Morgan fingerprint density at radius 3 is 2.56 bits per heavy atom. The van der Waals surface area contributed by atoms with Gasteiger partial charge in [-0.3, -0.25) is 4.99 Å². The fourth-order valence-corrected chi connectivity index (χ4v) is 4.27. The molecule has 0 radical (unpaired) electrons. The highest BCUT2D eigenvalue weighted by molar-refractivity contribution is 5.89. The van der Waals surface area contributed by atoms with Crippen molar-refractivity contribution in [2.24, 2.45) is 4.99 Å². The Labute approximate surface area is 162 Å². The van der Waals surface area contributed by atoms with Gasteiger partial charge in [0.25, 0.3) is 0 Å². The smallest absolute Gasteiger partial charge is 0.0636 e. The Bertz CT molecular complexity index is 1030. The molecule has 0 aromatic heterocycles.